The first kappa shape index (κ1) is 17.0. The molecule has 0 bridgehead atoms. The molecule has 130 valence electrons. The Balaban J connectivity index is 1.51. The van der Waals surface area contributed by atoms with Crippen molar-refractivity contribution in [3.8, 4) is 0 Å². The summed E-state index contributed by atoms with van der Waals surface area (Å²) in [6.07, 6.45) is 3.93. The highest BCUT2D eigenvalue weighted by atomic mass is 16.3. The summed E-state index contributed by atoms with van der Waals surface area (Å²) < 4.78 is 5.29. The largest absolute Gasteiger partial charge is 0.469 e. The Labute approximate surface area is 145 Å². The standard InChI is InChI=1S/C19H21N3O3/c1-13(8-9-14-5-4-12-25-14)20-18(23)11-10-17-21-16-7-3-2-6-15(16)19(24)22-17/h2-7,12-13H,8-11H2,1H3,(H,20,23)(H,21,22,24)/t13-/m1/s1. The minimum Gasteiger partial charge on any atom is -0.469 e. The molecule has 0 saturated carbocycles. The Morgan fingerprint density at radius 3 is 2.88 bits per heavy atom. The number of fused-ring (bicyclic) bond motifs is 1. The normalized spacial score (nSPS) is 12.2. The van der Waals surface area contributed by atoms with E-state index < -0.39 is 0 Å². The van der Waals surface area contributed by atoms with Gasteiger partial charge in [-0.05, 0) is 37.6 Å². The average Bonchev–Trinajstić information content (AvgIpc) is 3.12. The second kappa shape index (κ2) is 7.79. The lowest BCUT2D eigenvalue weighted by Gasteiger charge is -2.13. The fraction of sp³-hybridized carbons (Fsp3) is 0.316. The number of hydrogen-bond acceptors (Lipinski definition) is 4. The number of amides is 1. The van der Waals surface area contributed by atoms with Gasteiger partial charge in [0.05, 0.1) is 17.2 Å². The number of carbonyl (C=O) groups excluding carboxylic acids is 1. The molecule has 0 radical (unpaired) electrons. The van der Waals surface area contributed by atoms with E-state index in [-0.39, 0.29) is 23.9 Å². The van der Waals surface area contributed by atoms with Crippen LogP contribution < -0.4 is 10.9 Å². The van der Waals surface area contributed by atoms with E-state index >= 15 is 0 Å². The topological polar surface area (TPSA) is 88.0 Å². The summed E-state index contributed by atoms with van der Waals surface area (Å²) in [5.41, 5.74) is 0.473. The molecule has 1 atom stereocenters. The number of aryl methyl sites for hydroxylation is 2. The Bertz CT molecular complexity index is 900. The van der Waals surface area contributed by atoms with Crippen LogP contribution in [0.2, 0.25) is 0 Å². The van der Waals surface area contributed by atoms with Gasteiger partial charge >= 0.3 is 0 Å². The third-order valence-electron chi connectivity index (χ3n) is 4.06. The molecule has 3 aromatic rings. The minimum atomic E-state index is -0.173. The van der Waals surface area contributed by atoms with Crippen molar-refractivity contribution in [3.63, 3.8) is 0 Å². The maximum Gasteiger partial charge on any atom is 0.258 e. The molecule has 2 aromatic heterocycles. The lowest BCUT2D eigenvalue weighted by Crippen LogP contribution is -2.33. The van der Waals surface area contributed by atoms with Crippen LogP contribution >= 0.6 is 0 Å². The fourth-order valence-corrected chi connectivity index (χ4v) is 2.72. The second-order valence-corrected chi connectivity index (χ2v) is 6.12. The zero-order chi connectivity index (χ0) is 17.6. The third-order valence-corrected chi connectivity index (χ3v) is 4.06. The van der Waals surface area contributed by atoms with Gasteiger partial charge in [0.2, 0.25) is 5.91 Å². The summed E-state index contributed by atoms with van der Waals surface area (Å²) in [4.78, 5) is 31.2. The van der Waals surface area contributed by atoms with Gasteiger partial charge in [-0.2, -0.15) is 0 Å². The molecule has 6 nitrogen and oxygen atoms in total. The summed E-state index contributed by atoms with van der Waals surface area (Å²) in [5, 5.41) is 3.52. The Kier molecular flexibility index (Phi) is 5.28. The number of rotatable bonds is 7. The van der Waals surface area contributed by atoms with Crippen LogP contribution in [-0.2, 0) is 17.6 Å². The third kappa shape index (κ3) is 4.56. The van der Waals surface area contributed by atoms with Gasteiger partial charge in [-0.3, -0.25) is 9.59 Å². The van der Waals surface area contributed by atoms with Crippen LogP contribution in [0.15, 0.2) is 51.9 Å². The molecule has 1 aromatic carbocycles. The summed E-state index contributed by atoms with van der Waals surface area (Å²) in [6.45, 7) is 1.97. The van der Waals surface area contributed by atoms with Gasteiger partial charge in [-0.25, -0.2) is 4.98 Å². The predicted molar refractivity (Wildman–Crippen MR) is 95.3 cm³/mol. The zero-order valence-corrected chi connectivity index (χ0v) is 14.1. The number of benzene rings is 1. The van der Waals surface area contributed by atoms with Crippen LogP contribution in [0.1, 0.15) is 31.4 Å². The van der Waals surface area contributed by atoms with Gasteiger partial charge in [-0.15, -0.1) is 0 Å². The van der Waals surface area contributed by atoms with Crippen LogP contribution in [0.3, 0.4) is 0 Å². The van der Waals surface area contributed by atoms with Crippen molar-refractivity contribution < 1.29 is 9.21 Å². The second-order valence-electron chi connectivity index (χ2n) is 6.12. The van der Waals surface area contributed by atoms with Gasteiger partial charge in [0.25, 0.3) is 5.56 Å². The van der Waals surface area contributed by atoms with Gasteiger partial charge in [0.15, 0.2) is 0 Å². The van der Waals surface area contributed by atoms with Gasteiger partial charge in [0.1, 0.15) is 11.6 Å². The van der Waals surface area contributed by atoms with Crippen molar-refractivity contribution in [2.45, 2.75) is 38.6 Å². The molecular formula is C19H21N3O3. The number of hydrogen-bond donors (Lipinski definition) is 2. The molecule has 0 aliphatic rings. The van der Waals surface area contributed by atoms with E-state index in [0.29, 0.717) is 23.1 Å². The van der Waals surface area contributed by atoms with Crippen molar-refractivity contribution in [1.82, 2.24) is 15.3 Å². The van der Waals surface area contributed by atoms with Crippen LogP contribution in [-0.4, -0.2) is 21.9 Å². The number of H-pyrrole nitrogens is 1. The first-order valence-electron chi connectivity index (χ1n) is 8.41. The first-order valence-corrected chi connectivity index (χ1v) is 8.41. The van der Waals surface area contributed by atoms with Crippen molar-refractivity contribution in [1.29, 1.82) is 0 Å². The van der Waals surface area contributed by atoms with E-state index in [2.05, 4.69) is 15.3 Å². The SMILES string of the molecule is C[C@H](CCc1ccco1)NC(=O)CCc1nc2ccccc2c(=O)[nH]1. The monoisotopic (exact) mass is 339 g/mol. The molecule has 0 aliphatic carbocycles. The molecule has 2 heterocycles. The van der Waals surface area contributed by atoms with Gasteiger partial charge in [-0.1, -0.05) is 12.1 Å². The average molecular weight is 339 g/mol. The first-order chi connectivity index (χ1) is 12.1. The molecule has 0 spiro atoms. The van der Waals surface area contributed by atoms with E-state index in [9.17, 15) is 9.59 Å². The van der Waals surface area contributed by atoms with Crippen molar-refractivity contribution in [3.05, 3.63) is 64.6 Å². The van der Waals surface area contributed by atoms with Crippen molar-refractivity contribution >= 4 is 16.8 Å². The smallest absolute Gasteiger partial charge is 0.258 e. The van der Waals surface area contributed by atoms with Crippen LogP contribution in [0.4, 0.5) is 0 Å². The number of furan rings is 1. The Morgan fingerprint density at radius 1 is 1.24 bits per heavy atom. The van der Waals surface area contributed by atoms with E-state index in [1.807, 2.05) is 25.1 Å². The number of aromatic nitrogens is 2. The molecule has 3 rings (SSSR count). The number of para-hydroxylation sites is 1. The summed E-state index contributed by atoms with van der Waals surface area (Å²) >= 11 is 0. The molecule has 0 aliphatic heterocycles. The molecule has 2 N–H and O–H groups in total. The fourth-order valence-electron chi connectivity index (χ4n) is 2.72. The maximum absolute atomic E-state index is 12.1. The van der Waals surface area contributed by atoms with Crippen LogP contribution in [0, 0.1) is 0 Å². The number of aromatic amines is 1. The molecule has 0 unspecified atom stereocenters. The zero-order valence-electron chi connectivity index (χ0n) is 14.1. The van der Waals surface area contributed by atoms with Gasteiger partial charge < -0.3 is 14.7 Å². The highest BCUT2D eigenvalue weighted by Crippen LogP contribution is 2.08. The predicted octanol–water partition coefficient (Wildman–Crippen LogP) is 2.59. The van der Waals surface area contributed by atoms with E-state index in [1.54, 1.807) is 24.5 Å². The quantitative estimate of drug-likeness (QED) is 0.692. The summed E-state index contributed by atoms with van der Waals surface area (Å²) in [5.74, 6) is 1.39. The minimum absolute atomic E-state index is 0.0530. The van der Waals surface area contributed by atoms with E-state index in [4.69, 9.17) is 4.42 Å². The molecule has 25 heavy (non-hydrogen) atoms. The van der Waals surface area contributed by atoms with Gasteiger partial charge in [0, 0.05) is 25.3 Å². The highest BCUT2D eigenvalue weighted by molar-refractivity contribution is 5.78. The lowest BCUT2D eigenvalue weighted by molar-refractivity contribution is -0.121. The highest BCUT2D eigenvalue weighted by Gasteiger charge is 2.10. The summed E-state index contributed by atoms with van der Waals surface area (Å²) in [6, 6.07) is 11.0. The number of nitrogens with zero attached hydrogens (tertiary/aromatic N) is 1. The summed E-state index contributed by atoms with van der Waals surface area (Å²) in [7, 11) is 0. The van der Waals surface area contributed by atoms with Crippen molar-refractivity contribution in [2.75, 3.05) is 0 Å². The molecule has 1 amide bonds. The molecule has 0 fully saturated rings. The number of nitrogens with one attached hydrogen (secondary N) is 2. The molecular weight excluding hydrogens is 318 g/mol. The Morgan fingerprint density at radius 2 is 2.08 bits per heavy atom. The van der Waals surface area contributed by atoms with E-state index in [0.717, 1.165) is 18.6 Å². The van der Waals surface area contributed by atoms with Crippen LogP contribution in [0.5, 0.6) is 0 Å². The maximum atomic E-state index is 12.1. The van der Waals surface area contributed by atoms with Crippen LogP contribution in [0.25, 0.3) is 10.9 Å². The Hall–Kier alpha value is -2.89. The number of carbonyl (C=O) groups is 1. The van der Waals surface area contributed by atoms with E-state index in [1.165, 1.54) is 0 Å². The molecule has 6 heteroatoms. The lowest BCUT2D eigenvalue weighted by atomic mass is 10.1. The van der Waals surface area contributed by atoms with Crippen molar-refractivity contribution in [2.24, 2.45) is 0 Å². The molecule has 0 saturated heterocycles.